The van der Waals surface area contributed by atoms with Crippen molar-refractivity contribution in [1.82, 2.24) is 14.7 Å². The van der Waals surface area contributed by atoms with E-state index in [2.05, 4.69) is 35.5 Å². The van der Waals surface area contributed by atoms with E-state index in [0.29, 0.717) is 12.1 Å². The maximum atomic E-state index is 6.06. The van der Waals surface area contributed by atoms with E-state index >= 15 is 0 Å². The van der Waals surface area contributed by atoms with Gasteiger partial charge in [-0.15, -0.1) is 0 Å². The van der Waals surface area contributed by atoms with Crippen LogP contribution in [0.1, 0.15) is 33.6 Å². The summed E-state index contributed by atoms with van der Waals surface area (Å²) < 4.78 is 6.06. The first-order valence-electron chi connectivity index (χ1n) is 8.99. The number of likely N-dealkylation sites (N-methyl/N-ethyl adjacent to an activating group) is 1. The summed E-state index contributed by atoms with van der Waals surface area (Å²) in [6.07, 6.45) is 3.20. The summed E-state index contributed by atoms with van der Waals surface area (Å²) in [6, 6.07) is 1.52. The fourth-order valence-electron chi connectivity index (χ4n) is 4.39. The van der Waals surface area contributed by atoms with Gasteiger partial charge in [-0.25, -0.2) is 0 Å². The van der Waals surface area contributed by atoms with Crippen molar-refractivity contribution >= 4 is 0 Å². The largest absolute Gasteiger partial charge is 0.374 e. The molecule has 0 bridgehead atoms. The van der Waals surface area contributed by atoms with E-state index in [1.54, 1.807) is 0 Å². The lowest BCUT2D eigenvalue weighted by Gasteiger charge is -2.47. The number of rotatable bonds is 4. The number of ether oxygens (including phenoxy) is 1. The first-order chi connectivity index (χ1) is 10.2. The van der Waals surface area contributed by atoms with Gasteiger partial charge in [0.15, 0.2) is 0 Å². The molecule has 0 aromatic heterocycles. The predicted molar refractivity (Wildman–Crippen MR) is 86.6 cm³/mol. The first-order valence-corrected chi connectivity index (χ1v) is 8.99. The molecule has 21 heavy (non-hydrogen) atoms. The van der Waals surface area contributed by atoms with Crippen molar-refractivity contribution < 1.29 is 4.74 Å². The number of hydrogen-bond donors (Lipinski definition) is 0. The minimum atomic E-state index is 0.410. The molecular weight excluding hydrogens is 262 g/mol. The van der Waals surface area contributed by atoms with Gasteiger partial charge in [-0.2, -0.15) is 0 Å². The lowest BCUT2D eigenvalue weighted by Crippen LogP contribution is -2.60. The molecule has 0 aliphatic carbocycles. The third-order valence-electron chi connectivity index (χ3n) is 5.71. The van der Waals surface area contributed by atoms with E-state index in [4.69, 9.17) is 4.74 Å². The molecule has 122 valence electrons. The highest BCUT2D eigenvalue weighted by atomic mass is 16.5. The molecule has 0 aromatic carbocycles. The number of fused-ring (bicyclic) bond motifs is 1. The standard InChI is InChI=1S/C17H33N3O/c1-4-18-8-9-21-16(11-18)12-20-10-15-6-5-7-19(15)13-17(20)14(2)3/h14-17H,4-13H2,1-3H3. The van der Waals surface area contributed by atoms with Gasteiger partial charge in [0.2, 0.25) is 0 Å². The monoisotopic (exact) mass is 295 g/mol. The molecule has 3 aliphatic heterocycles. The molecule has 3 rings (SSSR count). The van der Waals surface area contributed by atoms with Gasteiger partial charge < -0.3 is 4.74 Å². The van der Waals surface area contributed by atoms with Gasteiger partial charge in [0, 0.05) is 44.8 Å². The van der Waals surface area contributed by atoms with E-state index in [1.807, 2.05) is 0 Å². The van der Waals surface area contributed by atoms with Crippen molar-refractivity contribution in [1.29, 1.82) is 0 Å². The van der Waals surface area contributed by atoms with Crippen LogP contribution < -0.4 is 0 Å². The smallest absolute Gasteiger partial charge is 0.0829 e. The average Bonchev–Trinajstić information content (AvgIpc) is 2.93. The third kappa shape index (κ3) is 3.61. The maximum absolute atomic E-state index is 6.06. The molecule has 0 N–H and O–H groups in total. The van der Waals surface area contributed by atoms with Crippen LogP contribution in [0.25, 0.3) is 0 Å². The Balaban J connectivity index is 1.61. The number of piperazine rings is 1. The summed E-state index contributed by atoms with van der Waals surface area (Å²) in [6.45, 7) is 16.3. The molecule has 0 saturated carbocycles. The molecule has 0 radical (unpaired) electrons. The zero-order valence-corrected chi connectivity index (χ0v) is 14.1. The number of nitrogens with zero attached hydrogens (tertiary/aromatic N) is 3. The SMILES string of the molecule is CCN1CCOC(CN2CC3CCCN3CC2C(C)C)C1. The predicted octanol–water partition coefficient (Wildman–Crippen LogP) is 1.51. The molecule has 3 unspecified atom stereocenters. The molecule has 4 heteroatoms. The Morgan fingerprint density at radius 2 is 2.00 bits per heavy atom. The average molecular weight is 295 g/mol. The summed E-state index contributed by atoms with van der Waals surface area (Å²) in [5.41, 5.74) is 0. The van der Waals surface area contributed by atoms with E-state index in [9.17, 15) is 0 Å². The molecular formula is C17H33N3O. The Morgan fingerprint density at radius 1 is 1.14 bits per heavy atom. The van der Waals surface area contributed by atoms with Crippen molar-refractivity contribution in [2.24, 2.45) is 5.92 Å². The van der Waals surface area contributed by atoms with Crippen molar-refractivity contribution in [2.45, 2.75) is 51.8 Å². The van der Waals surface area contributed by atoms with Gasteiger partial charge in [-0.3, -0.25) is 14.7 Å². The highest BCUT2D eigenvalue weighted by Gasteiger charge is 2.38. The van der Waals surface area contributed by atoms with Gasteiger partial charge in [-0.1, -0.05) is 20.8 Å². The third-order valence-corrected chi connectivity index (χ3v) is 5.71. The van der Waals surface area contributed by atoms with Crippen molar-refractivity contribution in [2.75, 3.05) is 52.4 Å². The Hall–Kier alpha value is -0.160. The lowest BCUT2D eigenvalue weighted by atomic mass is 9.97. The van der Waals surface area contributed by atoms with Gasteiger partial charge in [0.1, 0.15) is 0 Å². The van der Waals surface area contributed by atoms with Crippen LogP contribution in [0, 0.1) is 5.92 Å². The van der Waals surface area contributed by atoms with Crippen LogP contribution in [0.3, 0.4) is 0 Å². The molecule has 3 aliphatic rings. The fraction of sp³-hybridized carbons (Fsp3) is 1.00. The van der Waals surface area contributed by atoms with Gasteiger partial charge >= 0.3 is 0 Å². The molecule has 3 fully saturated rings. The molecule has 0 spiro atoms. The molecule has 4 nitrogen and oxygen atoms in total. The van der Waals surface area contributed by atoms with Crippen LogP contribution in [0.2, 0.25) is 0 Å². The summed E-state index contributed by atoms with van der Waals surface area (Å²) in [5, 5.41) is 0. The summed E-state index contributed by atoms with van der Waals surface area (Å²) >= 11 is 0. The van der Waals surface area contributed by atoms with E-state index in [-0.39, 0.29) is 0 Å². The van der Waals surface area contributed by atoms with Crippen LogP contribution in [0.4, 0.5) is 0 Å². The van der Waals surface area contributed by atoms with E-state index < -0.39 is 0 Å². The zero-order valence-electron chi connectivity index (χ0n) is 14.1. The number of hydrogen-bond acceptors (Lipinski definition) is 4. The lowest BCUT2D eigenvalue weighted by molar-refractivity contribution is -0.0651. The summed E-state index contributed by atoms with van der Waals surface area (Å²) in [4.78, 5) is 8.02. The van der Waals surface area contributed by atoms with Crippen LogP contribution in [0.5, 0.6) is 0 Å². The van der Waals surface area contributed by atoms with E-state index in [1.165, 1.54) is 32.5 Å². The zero-order chi connectivity index (χ0) is 14.8. The second-order valence-corrected chi connectivity index (χ2v) is 7.44. The Labute approximate surface area is 130 Å². The minimum absolute atomic E-state index is 0.410. The molecule has 3 heterocycles. The summed E-state index contributed by atoms with van der Waals surface area (Å²) in [7, 11) is 0. The topological polar surface area (TPSA) is 19.0 Å². The second-order valence-electron chi connectivity index (χ2n) is 7.44. The highest BCUT2D eigenvalue weighted by molar-refractivity contribution is 4.94. The number of morpholine rings is 1. The normalized spacial score (nSPS) is 36.3. The Kier molecular flexibility index (Phi) is 5.20. The first kappa shape index (κ1) is 15.7. The van der Waals surface area contributed by atoms with Crippen LogP contribution in [-0.2, 0) is 4.74 Å². The van der Waals surface area contributed by atoms with E-state index in [0.717, 1.165) is 44.7 Å². The maximum Gasteiger partial charge on any atom is 0.0829 e. The Morgan fingerprint density at radius 3 is 2.76 bits per heavy atom. The molecule has 3 saturated heterocycles. The minimum Gasteiger partial charge on any atom is -0.374 e. The molecule has 0 aromatic rings. The van der Waals surface area contributed by atoms with Crippen molar-refractivity contribution in [3.8, 4) is 0 Å². The summed E-state index contributed by atoms with van der Waals surface area (Å²) in [5.74, 6) is 0.734. The molecule has 3 atom stereocenters. The Bertz CT molecular complexity index is 336. The fourth-order valence-corrected chi connectivity index (χ4v) is 4.39. The van der Waals surface area contributed by atoms with Crippen molar-refractivity contribution in [3.05, 3.63) is 0 Å². The van der Waals surface area contributed by atoms with Crippen molar-refractivity contribution in [3.63, 3.8) is 0 Å². The van der Waals surface area contributed by atoms with Crippen LogP contribution in [0.15, 0.2) is 0 Å². The second kappa shape index (κ2) is 6.95. The molecule has 0 amide bonds. The van der Waals surface area contributed by atoms with Crippen LogP contribution in [-0.4, -0.2) is 85.3 Å². The van der Waals surface area contributed by atoms with Crippen LogP contribution >= 0.6 is 0 Å². The highest BCUT2D eigenvalue weighted by Crippen LogP contribution is 2.28. The van der Waals surface area contributed by atoms with Gasteiger partial charge in [-0.05, 0) is 31.8 Å². The van der Waals surface area contributed by atoms with Gasteiger partial charge in [0.25, 0.3) is 0 Å². The van der Waals surface area contributed by atoms with Gasteiger partial charge in [0.05, 0.1) is 12.7 Å². The quantitative estimate of drug-likeness (QED) is 0.782.